The third-order valence-corrected chi connectivity index (χ3v) is 3.55. The number of hydrogen-bond donors (Lipinski definition) is 0. The van der Waals surface area contributed by atoms with Crippen LogP contribution in [-0.2, 0) is 4.74 Å². The van der Waals surface area contributed by atoms with Crippen LogP contribution in [-0.4, -0.2) is 35.3 Å². The number of likely N-dealkylation sites (tertiary alicyclic amines) is 1. The molecule has 0 unspecified atom stereocenters. The van der Waals surface area contributed by atoms with E-state index in [-0.39, 0.29) is 11.9 Å². The minimum absolute atomic E-state index is 0.358. The fourth-order valence-corrected chi connectivity index (χ4v) is 2.34. The highest BCUT2D eigenvalue weighted by molar-refractivity contribution is 5.68. The molecular formula is C17H21FN2O3. The van der Waals surface area contributed by atoms with Crippen LogP contribution in [0.15, 0.2) is 24.3 Å². The van der Waals surface area contributed by atoms with Crippen LogP contribution in [0.5, 0.6) is 5.75 Å². The molecule has 1 saturated heterocycles. The van der Waals surface area contributed by atoms with Gasteiger partial charge >= 0.3 is 6.09 Å². The van der Waals surface area contributed by atoms with Crippen LogP contribution >= 0.6 is 0 Å². The standard InChI is InChI=1S/C17H21FN2O3/c1-16(2,3)23-15(21)20-10-8-17(12-19,9-11-20)22-14-6-4-13(18)5-7-14/h4-7H,8-11H2,1-3H3. The predicted molar refractivity (Wildman–Crippen MR) is 82.4 cm³/mol. The summed E-state index contributed by atoms with van der Waals surface area (Å²) in [6.45, 7) is 6.19. The average Bonchev–Trinajstić information content (AvgIpc) is 2.48. The summed E-state index contributed by atoms with van der Waals surface area (Å²) in [4.78, 5) is 13.6. The number of nitriles is 1. The lowest BCUT2D eigenvalue weighted by Gasteiger charge is -2.37. The lowest BCUT2D eigenvalue weighted by Crippen LogP contribution is -2.50. The Morgan fingerprint density at radius 1 is 1.26 bits per heavy atom. The van der Waals surface area contributed by atoms with Crippen molar-refractivity contribution >= 4 is 6.09 Å². The molecule has 0 bridgehead atoms. The quantitative estimate of drug-likeness (QED) is 0.836. The van der Waals surface area contributed by atoms with Crippen molar-refractivity contribution in [3.8, 4) is 11.8 Å². The van der Waals surface area contributed by atoms with Crippen molar-refractivity contribution in [2.75, 3.05) is 13.1 Å². The van der Waals surface area contributed by atoms with Crippen molar-refractivity contribution < 1.29 is 18.7 Å². The first-order valence-corrected chi connectivity index (χ1v) is 7.57. The molecule has 1 fully saturated rings. The Hall–Kier alpha value is -2.29. The van der Waals surface area contributed by atoms with Crippen LogP contribution in [0, 0.1) is 17.1 Å². The predicted octanol–water partition coefficient (Wildman–Crippen LogP) is 3.50. The topological polar surface area (TPSA) is 62.6 Å². The number of amides is 1. The fraction of sp³-hybridized carbons (Fsp3) is 0.529. The van der Waals surface area contributed by atoms with Gasteiger partial charge in [0.1, 0.15) is 23.2 Å². The minimum Gasteiger partial charge on any atom is -0.472 e. The van der Waals surface area contributed by atoms with Crippen molar-refractivity contribution in [1.82, 2.24) is 4.90 Å². The van der Waals surface area contributed by atoms with Gasteiger partial charge in [-0.2, -0.15) is 5.26 Å². The van der Waals surface area contributed by atoms with Gasteiger partial charge in [-0.3, -0.25) is 0 Å². The molecule has 2 rings (SSSR count). The molecule has 0 saturated carbocycles. The molecule has 0 aliphatic carbocycles. The zero-order chi connectivity index (χ0) is 17.1. The zero-order valence-corrected chi connectivity index (χ0v) is 13.6. The molecule has 23 heavy (non-hydrogen) atoms. The van der Waals surface area contributed by atoms with Gasteiger partial charge in [0.15, 0.2) is 5.60 Å². The number of ether oxygens (including phenoxy) is 2. The Labute approximate surface area is 135 Å². The molecule has 6 heteroatoms. The Kier molecular flexibility index (Phi) is 4.79. The van der Waals surface area contributed by atoms with E-state index < -0.39 is 11.2 Å². The van der Waals surface area contributed by atoms with Gasteiger partial charge in [0.05, 0.1) is 0 Å². The van der Waals surface area contributed by atoms with Crippen molar-refractivity contribution in [2.24, 2.45) is 0 Å². The van der Waals surface area contributed by atoms with E-state index in [0.717, 1.165) is 0 Å². The molecule has 1 amide bonds. The Bertz CT molecular complexity index is 594. The lowest BCUT2D eigenvalue weighted by atomic mass is 9.92. The maximum absolute atomic E-state index is 12.9. The van der Waals surface area contributed by atoms with Gasteiger partial charge in [-0.25, -0.2) is 9.18 Å². The van der Waals surface area contributed by atoms with Gasteiger partial charge in [0.25, 0.3) is 0 Å². The van der Waals surface area contributed by atoms with Crippen LogP contribution < -0.4 is 4.74 Å². The summed E-state index contributed by atoms with van der Waals surface area (Å²) in [6, 6.07) is 7.76. The van der Waals surface area contributed by atoms with Crippen molar-refractivity contribution in [2.45, 2.75) is 44.8 Å². The zero-order valence-electron chi connectivity index (χ0n) is 13.6. The van der Waals surface area contributed by atoms with Crippen molar-refractivity contribution in [3.63, 3.8) is 0 Å². The van der Waals surface area contributed by atoms with Gasteiger partial charge < -0.3 is 14.4 Å². The van der Waals surface area contributed by atoms with E-state index in [1.165, 1.54) is 24.3 Å². The normalized spacial score (nSPS) is 17.3. The first kappa shape index (κ1) is 17.1. The molecule has 5 nitrogen and oxygen atoms in total. The van der Waals surface area contributed by atoms with Gasteiger partial charge in [-0.05, 0) is 45.0 Å². The highest BCUT2D eigenvalue weighted by Gasteiger charge is 2.39. The van der Waals surface area contributed by atoms with Crippen LogP contribution in [0.3, 0.4) is 0 Å². The summed E-state index contributed by atoms with van der Waals surface area (Å²) in [6.07, 6.45) is 0.367. The van der Waals surface area contributed by atoms with Crippen LogP contribution in [0.25, 0.3) is 0 Å². The van der Waals surface area contributed by atoms with Crippen LogP contribution in [0.4, 0.5) is 9.18 Å². The van der Waals surface area contributed by atoms with Crippen molar-refractivity contribution in [3.05, 3.63) is 30.1 Å². The minimum atomic E-state index is -1.00. The van der Waals surface area contributed by atoms with Gasteiger partial charge in [-0.1, -0.05) is 0 Å². The summed E-state index contributed by atoms with van der Waals surface area (Å²) < 4.78 is 24.0. The highest BCUT2D eigenvalue weighted by atomic mass is 19.1. The Balaban J connectivity index is 1.98. The number of rotatable bonds is 2. The molecule has 124 valence electrons. The van der Waals surface area contributed by atoms with Crippen molar-refractivity contribution in [1.29, 1.82) is 5.26 Å². The number of hydrogen-bond acceptors (Lipinski definition) is 4. The van der Waals surface area contributed by atoms with E-state index in [1.807, 2.05) is 20.8 Å². The fourth-order valence-electron chi connectivity index (χ4n) is 2.34. The van der Waals surface area contributed by atoms with Gasteiger partial charge in [-0.15, -0.1) is 0 Å². The maximum atomic E-state index is 12.9. The molecule has 0 N–H and O–H groups in total. The van der Waals surface area contributed by atoms with Gasteiger partial charge in [0.2, 0.25) is 0 Å². The molecule has 1 aromatic carbocycles. The second kappa shape index (κ2) is 6.45. The second-order valence-electron chi connectivity index (χ2n) is 6.63. The molecule has 1 heterocycles. The molecule has 0 spiro atoms. The number of halogens is 1. The number of nitrogens with zero attached hydrogens (tertiary/aromatic N) is 2. The summed E-state index contributed by atoms with van der Waals surface area (Å²) >= 11 is 0. The van der Waals surface area contributed by atoms with Crippen LogP contribution in [0.2, 0.25) is 0 Å². The summed E-state index contributed by atoms with van der Waals surface area (Å²) in [5.41, 5.74) is -1.55. The monoisotopic (exact) mass is 320 g/mol. The summed E-state index contributed by atoms with van der Waals surface area (Å²) in [7, 11) is 0. The summed E-state index contributed by atoms with van der Waals surface area (Å²) in [5.74, 6) is 0.0850. The molecule has 0 radical (unpaired) electrons. The molecular weight excluding hydrogens is 299 g/mol. The van der Waals surface area contributed by atoms with E-state index >= 15 is 0 Å². The van der Waals surface area contributed by atoms with E-state index in [2.05, 4.69) is 6.07 Å². The van der Waals surface area contributed by atoms with Crippen LogP contribution in [0.1, 0.15) is 33.6 Å². The van der Waals surface area contributed by atoms with Gasteiger partial charge in [0, 0.05) is 25.9 Å². The van der Waals surface area contributed by atoms with E-state index in [4.69, 9.17) is 9.47 Å². The Morgan fingerprint density at radius 2 is 1.83 bits per heavy atom. The number of carbonyl (C=O) groups is 1. The molecule has 1 aliphatic rings. The molecule has 0 atom stereocenters. The SMILES string of the molecule is CC(C)(C)OC(=O)N1CCC(C#N)(Oc2ccc(F)cc2)CC1. The van der Waals surface area contributed by atoms with E-state index in [9.17, 15) is 14.4 Å². The first-order chi connectivity index (χ1) is 10.7. The number of carbonyl (C=O) groups excluding carboxylic acids is 1. The first-order valence-electron chi connectivity index (χ1n) is 7.57. The highest BCUT2D eigenvalue weighted by Crippen LogP contribution is 2.29. The average molecular weight is 320 g/mol. The number of piperidine rings is 1. The van der Waals surface area contributed by atoms with E-state index in [0.29, 0.717) is 31.7 Å². The maximum Gasteiger partial charge on any atom is 0.410 e. The third kappa shape index (κ3) is 4.59. The Morgan fingerprint density at radius 3 is 2.30 bits per heavy atom. The largest absolute Gasteiger partial charge is 0.472 e. The van der Waals surface area contributed by atoms with E-state index in [1.54, 1.807) is 4.90 Å². The third-order valence-electron chi connectivity index (χ3n) is 3.55. The smallest absolute Gasteiger partial charge is 0.410 e. The molecule has 1 aliphatic heterocycles. The second-order valence-corrected chi connectivity index (χ2v) is 6.63. The summed E-state index contributed by atoms with van der Waals surface area (Å²) in [5, 5.41) is 9.48. The molecule has 1 aromatic rings. The lowest BCUT2D eigenvalue weighted by molar-refractivity contribution is 0.00136. The number of benzene rings is 1. The molecule has 0 aromatic heterocycles.